The van der Waals surface area contributed by atoms with Crippen LogP contribution in [0.1, 0.15) is 5.56 Å². The molecule has 0 bridgehead atoms. The lowest BCUT2D eigenvalue weighted by Crippen LogP contribution is -1.71. The largest absolute Gasteiger partial charge is 0.0890 e. The minimum Gasteiger partial charge on any atom is -0.0890 e. The van der Waals surface area contributed by atoms with E-state index in [9.17, 15) is 0 Å². The van der Waals surface area contributed by atoms with Crippen LogP contribution in [0.2, 0.25) is 0 Å². The maximum absolute atomic E-state index is 4.80. The van der Waals surface area contributed by atoms with Crippen LogP contribution in [0.4, 0.5) is 0 Å². The first-order chi connectivity index (χ1) is 3.93. The molecule has 0 aromatic heterocycles. The molecule has 0 fully saturated rings. The van der Waals surface area contributed by atoms with E-state index in [0.717, 1.165) is 0 Å². The van der Waals surface area contributed by atoms with Gasteiger partial charge in [0.2, 0.25) is 0 Å². The average Bonchev–Trinajstić information content (AvgIpc) is 1.90. The highest BCUT2D eigenvalue weighted by atomic mass is 32.1. The molecule has 0 heterocycles. The lowest BCUT2D eigenvalue weighted by Gasteiger charge is -1.88. The van der Waals surface area contributed by atoms with Gasteiger partial charge in [0.05, 0.1) is 0 Å². The fraction of sp³-hybridized carbons (Fsp3) is 0.143. The van der Waals surface area contributed by atoms with Crippen LogP contribution >= 0.6 is 12.6 Å². The monoisotopic (exact) mass is 122 g/mol. The Balaban J connectivity index is 2.83. The third-order valence-electron chi connectivity index (χ3n) is 0.954. The molecule has 0 unspecified atom stereocenters. The Morgan fingerprint density at radius 3 is 2.38 bits per heavy atom. The molecule has 0 aliphatic heterocycles. The smallest absolute Gasteiger partial charge is 0.0288 e. The summed E-state index contributed by atoms with van der Waals surface area (Å²) < 4.78 is 0. The van der Waals surface area contributed by atoms with Gasteiger partial charge in [0.15, 0.2) is 0 Å². The van der Waals surface area contributed by atoms with E-state index >= 15 is 0 Å². The van der Waals surface area contributed by atoms with E-state index < -0.39 is 0 Å². The first-order valence-electron chi connectivity index (χ1n) is 2.46. The Kier molecular flexibility index (Phi) is 1.98. The zero-order valence-corrected chi connectivity index (χ0v) is 5.24. The molecule has 0 saturated heterocycles. The van der Waals surface area contributed by atoms with Crippen LogP contribution in [0.25, 0.3) is 0 Å². The number of hydrogen-bond donors (Lipinski definition) is 0. The van der Waals surface area contributed by atoms with E-state index in [0.29, 0.717) is 5.75 Å². The molecule has 1 heteroatoms. The van der Waals surface area contributed by atoms with Crippen molar-refractivity contribution >= 4 is 12.6 Å². The van der Waals surface area contributed by atoms with Crippen molar-refractivity contribution in [3.8, 4) is 0 Å². The molecule has 2 radical (unpaired) electrons. The van der Waals surface area contributed by atoms with E-state index in [4.69, 9.17) is 12.6 Å². The van der Waals surface area contributed by atoms with Crippen LogP contribution in [0.3, 0.4) is 0 Å². The molecule has 0 nitrogen and oxygen atoms in total. The normalized spacial score (nSPS) is 9.12. The summed E-state index contributed by atoms with van der Waals surface area (Å²) in [6.07, 6.45) is 0. The van der Waals surface area contributed by atoms with E-state index in [1.165, 1.54) is 5.56 Å². The van der Waals surface area contributed by atoms with Gasteiger partial charge in [0.25, 0.3) is 0 Å². The summed E-state index contributed by atoms with van der Waals surface area (Å²) in [7, 11) is 0. The predicted molar refractivity (Wildman–Crippen MR) is 36.6 cm³/mol. The molecule has 8 heavy (non-hydrogen) atoms. The molecule has 0 saturated carbocycles. The second-order valence-corrected chi connectivity index (χ2v) is 1.84. The molecule has 0 aliphatic carbocycles. The summed E-state index contributed by atoms with van der Waals surface area (Å²) in [5.74, 6) is 0.703. The van der Waals surface area contributed by atoms with Gasteiger partial charge in [-0.2, -0.15) is 0 Å². The first-order valence-corrected chi connectivity index (χ1v) is 3.04. The maximum atomic E-state index is 4.80. The molecular formula is C7H6S. The highest BCUT2D eigenvalue weighted by molar-refractivity contribution is 7.79. The summed E-state index contributed by atoms with van der Waals surface area (Å²) in [5, 5.41) is 0. The fourth-order valence-electron chi connectivity index (χ4n) is 0.518. The standard InChI is InChI=1S/C7H6S/c8-6-7-4-2-1-3-5-7/h2-5H,6H2. The van der Waals surface area contributed by atoms with Crippen molar-refractivity contribution in [3.05, 3.63) is 35.9 Å². The van der Waals surface area contributed by atoms with Gasteiger partial charge in [0.1, 0.15) is 0 Å². The minimum atomic E-state index is 0.703. The second-order valence-electron chi connectivity index (χ2n) is 1.55. The van der Waals surface area contributed by atoms with Crippen LogP contribution < -0.4 is 0 Å². The molecule has 0 atom stereocenters. The zero-order valence-electron chi connectivity index (χ0n) is 4.42. The van der Waals surface area contributed by atoms with Gasteiger partial charge in [-0.1, -0.05) is 36.9 Å². The topological polar surface area (TPSA) is 0 Å². The highest BCUT2D eigenvalue weighted by Crippen LogP contribution is 1.99. The lowest BCUT2D eigenvalue weighted by molar-refractivity contribution is 1.43. The summed E-state index contributed by atoms with van der Waals surface area (Å²) in [6, 6.07) is 10.6. The molecule has 1 aromatic rings. The average molecular weight is 122 g/mol. The molecule has 0 aliphatic rings. The van der Waals surface area contributed by atoms with E-state index in [1.54, 1.807) is 0 Å². The zero-order chi connectivity index (χ0) is 5.82. The van der Waals surface area contributed by atoms with Crippen molar-refractivity contribution < 1.29 is 0 Å². The Hall–Kier alpha value is -0.430. The number of hydrogen-bond acceptors (Lipinski definition) is 0. The van der Waals surface area contributed by atoms with Crippen molar-refractivity contribution in [3.63, 3.8) is 0 Å². The summed E-state index contributed by atoms with van der Waals surface area (Å²) in [6.45, 7) is 0. The number of rotatable bonds is 1. The van der Waals surface area contributed by atoms with E-state index in [1.807, 2.05) is 24.3 Å². The van der Waals surface area contributed by atoms with Gasteiger partial charge in [-0.05, 0) is 11.6 Å². The summed E-state index contributed by atoms with van der Waals surface area (Å²) in [4.78, 5) is 0. The van der Waals surface area contributed by atoms with Gasteiger partial charge < -0.3 is 0 Å². The van der Waals surface area contributed by atoms with Crippen molar-refractivity contribution in [1.82, 2.24) is 0 Å². The van der Waals surface area contributed by atoms with E-state index in [-0.39, 0.29) is 0 Å². The van der Waals surface area contributed by atoms with Crippen LogP contribution in [0.5, 0.6) is 0 Å². The lowest BCUT2D eigenvalue weighted by atomic mass is 10.2. The van der Waals surface area contributed by atoms with Gasteiger partial charge in [0, 0.05) is 5.75 Å². The molecule has 1 aromatic carbocycles. The van der Waals surface area contributed by atoms with Crippen molar-refractivity contribution in [2.45, 2.75) is 5.75 Å². The SMILES string of the molecule is [S]Cc1cc[c]cc1. The number of benzene rings is 1. The van der Waals surface area contributed by atoms with Crippen LogP contribution in [0.15, 0.2) is 24.3 Å². The molecule has 1 rings (SSSR count). The maximum Gasteiger partial charge on any atom is 0.0288 e. The Morgan fingerprint density at radius 2 is 2.00 bits per heavy atom. The molecule has 0 amide bonds. The molecule has 0 spiro atoms. The summed E-state index contributed by atoms with van der Waals surface area (Å²) in [5.41, 5.74) is 1.19. The Morgan fingerprint density at radius 1 is 1.38 bits per heavy atom. The van der Waals surface area contributed by atoms with Crippen LogP contribution in [-0.2, 0) is 5.75 Å². The minimum absolute atomic E-state index is 0.703. The van der Waals surface area contributed by atoms with Gasteiger partial charge in [-0.15, -0.1) is 0 Å². The van der Waals surface area contributed by atoms with Crippen LogP contribution in [-0.4, -0.2) is 0 Å². The third-order valence-corrected chi connectivity index (χ3v) is 1.29. The first kappa shape index (κ1) is 5.70. The van der Waals surface area contributed by atoms with Crippen molar-refractivity contribution in [2.24, 2.45) is 0 Å². The van der Waals surface area contributed by atoms with Gasteiger partial charge in [-0.3, -0.25) is 0 Å². The molecule has 40 valence electrons. The Bertz CT molecular complexity index is 146. The van der Waals surface area contributed by atoms with Crippen molar-refractivity contribution in [2.75, 3.05) is 0 Å². The van der Waals surface area contributed by atoms with Crippen molar-refractivity contribution in [1.29, 1.82) is 0 Å². The second kappa shape index (κ2) is 2.78. The van der Waals surface area contributed by atoms with Crippen LogP contribution in [0, 0.1) is 6.07 Å². The summed E-state index contributed by atoms with van der Waals surface area (Å²) >= 11 is 4.80. The molecular weight excluding hydrogens is 116 g/mol. The Labute approximate surface area is 55.0 Å². The third kappa shape index (κ3) is 1.27. The molecule has 0 N–H and O–H groups in total. The predicted octanol–water partition coefficient (Wildman–Crippen LogP) is 2.18. The highest BCUT2D eigenvalue weighted by Gasteiger charge is 1.81. The van der Waals surface area contributed by atoms with Gasteiger partial charge in [-0.25, -0.2) is 0 Å². The van der Waals surface area contributed by atoms with E-state index in [2.05, 4.69) is 6.07 Å². The van der Waals surface area contributed by atoms with Gasteiger partial charge >= 0.3 is 0 Å². The fourth-order valence-corrected chi connectivity index (χ4v) is 0.710. The quantitative estimate of drug-likeness (QED) is 0.535.